The van der Waals surface area contributed by atoms with Crippen molar-refractivity contribution in [2.45, 2.75) is 64.2 Å². The molecule has 2 atom stereocenters. The maximum absolute atomic E-state index is 13.2. The van der Waals surface area contributed by atoms with Crippen LogP contribution in [0.3, 0.4) is 0 Å². The Morgan fingerprint density at radius 3 is 2.60 bits per heavy atom. The van der Waals surface area contributed by atoms with E-state index in [1.165, 1.54) is 0 Å². The lowest BCUT2D eigenvalue weighted by Crippen LogP contribution is -2.55. The number of benzene rings is 2. The van der Waals surface area contributed by atoms with Crippen LogP contribution in [0.1, 0.15) is 50.2 Å². The Labute approximate surface area is 213 Å². The summed E-state index contributed by atoms with van der Waals surface area (Å²) in [4.78, 5) is 32.7. The third kappa shape index (κ3) is 6.24. The van der Waals surface area contributed by atoms with Crippen LogP contribution in [0.4, 0.5) is 5.69 Å². The quantitative estimate of drug-likeness (QED) is 0.590. The molecule has 0 aromatic heterocycles. The molecule has 2 amide bonds. The predicted octanol–water partition coefficient (Wildman–Crippen LogP) is 4.89. The normalized spacial score (nSPS) is 21.2. The van der Waals surface area contributed by atoms with Crippen LogP contribution in [0.2, 0.25) is 5.02 Å². The molecule has 2 aliphatic rings. The molecule has 0 N–H and O–H groups in total. The van der Waals surface area contributed by atoms with Crippen molar-refractivity contribution in [3.05, 3.63) is 64.7 Å². The van der Waals surface area contributed by atoms with Gasteiger partial charge in [-0.25, -0.2) is 0 Å². The Morgan fingerprint density at radius 2 is 1.83 bits per heavy atom. The van der Waals surface area contributed by atoms with Crippen LogP contribution in [0.15, 0.2) is 48.5 Å². The monoisotopic (exact) mass is 497 g/mol. The zero-order valence-corrected chi connectivity index (χ0v) is 21.5. The van der Waals surface area contributed by atoms with Crippen LogP contribution in [0.5, 0.6) is 0 Å². The highest BCUT2D eigenvalue weighted by atomic mass is 35.5. The molecule has 6 nitrogen and oxygen atoms in total. The van der Waals surface area contributed by atoms with Gasteiger partial charge in [0.2, 0.25) is 11.8 Å². The van der Waals surface area contributed by atoms with Crippen molar-refractivity contribution in [3.8, 4) is 0 Å². The topological polar surface area (TPSA) is 53.1 Å². The maximum Gasteiger partial charge on any atom is 0.249 e. The number of halogens is 1. The van der Waals surface area contributed by atoms with Gasteiger partial charge in [0, 0.05) is 62.5 Å². The van der Waals surface area contributed by atoms with Crippen molar-refractivity contribution in [1.82, 2.24) is 9.80 Å². The summed E-state index contributed by atoms with van der Waals surface area (Å²) in [7, 11) is 1.57. The Kier molecular flexibility index (Phi) is 8.82. The highest BCUT2D eigenvalue weighted by Gasteiger charge is 2.36. The fraction of sp³-hybridized carbons (Fsp3) is 0.500. The molecular weight excluding hydrogens is 462 g/mol. The Bertz CT molecular complexity index is 1030. The van der Waals surface area contributed by atoms with Gasteiger partial charge >= 0.3 is 0 Å². The first-order valence-corrected chi connectivity index (χ1v) is 13.0. The first-order chi connectivity index (χ1) is 17.0. The molecule has 2 aliphatic heterocycles. The van der Waals surface area contributed by atoms with Crippen molar-refractivity contribution in [2.24, 2.45) is 0 Å². The average molecular weight is 498 g/mol. The van der Waals surface area contributed by atoms with Crippen LogP contribution >= 0.6 is 11.6 Å². The van der Waals surface area contributed by atoms with E-state index in [1.807, 2.05) is 42.2 Å². The molecule has 0 aliphatic carbocycles. The number of hydrogen-bond acceptors (Lipinski definition) is 4. The molecule has 2 aromatic carbocycles. The van der Waals surface area contributed by atoms with E-state index in [-0.39, 0.29) is 30.5 Å². The minimum Gasteiger partial charge on any atom is -0.375 e. The van der Waals surface area contributed by atoms with Gasteiger partial charge in [0.25, 0.3) is 0 Å². The van der Waals surface area contributed by atoms with E-state index in [0.717, 1.165) is 54.1 Å². The zero-order valence-electron chi connectivity index (χ0n) is 20.8. The van der Waals surface area contributed by atoms with Crippen molar-refractivity contribution < 1.29 is 14.3 Å². The smallest absolute Gasteiger partial charge is 0.249 e. The molecule has 1 saturated heterocycles. The highest BCUT2D eigenvalue weighted by Crippen LogP contribution is 2.31. The number of methoxy groups -OCH3 is 1. The van der Waals surface area contributed by atoms with Crippen LogP contribution in [-0.4, -0.2) is 60.5 Å². The Balaban J connectivity index is 1.75. The molecular formula is C28H36ClN3O3. The zero-order chi connectivity index (χ0) is 24.8. The number of rotatable bonds is 5. The SMILES string of the molecule is CCC(=O)N1CCC2CCCC(CN(Cc3cccc(Cl)c3)Cc3ccccc31)N2C(=O)COC. The first kappa shape index (κ1) is 25.7. The van der Waals surface area contributed by atoms with Crippen molar-refractivity contribution >= 4 is 29.1 Å². The fourth-order valence-electron chi connectivity index (χ4n) is 5.61. The van der Waals surface area contributed by atoms with Gasteiger partial charge in [-0.1, -0.05) is 48.9 Å². The molecule has 0 saturated carbocycles. The van der Waals surface area contributed by atoms with Gasteiger partial charge < -0.3 is 14.5 Å². The summed E-state index contributed by atoms with van der Waals surface area (Å²) in [5.41, 5.74) is 3.23. The number of nitrogens with zero attached hydrogens (tertiary/aromatic N) is 3. The number of carbonyl (C=O) groups is 2. The molecule has 4 rings (SSSR count). The standard InChI is InChI=1S/C28H36ClN3O3/c1-3-27(33)31-15-14-24-11-7-12-25(32(24)28(34)20-35-2)19-30(17-21-8-6-10-23(29)16-21)18-22-9-4-5-13-26(22)31/h4-6,8-10,13,16,24-25H,3,7,11-12,14-15,17-20H2,1-2H3. The molecule has 2 heterocycles. The lowest BCUT2D eigenvalue weighted by molar-refractivity contribution is -0.143. The summed E-state index contributed by atoms with van der Waals surface area (Å²) >= 11 is 6.30. The third-order valence-electron chi connectivity index (χ3n) is 7.15. The summed E-state index contributed by atoms with van der Waals surface area (Å²) in [6, 6.07) is 16.4. The van der Waals surface area contributed by atoms with Gasteiger partial charge in [-0.2, -0.15) is 0 Å². The van der Waals surface area contributed by atoms with Crippen LogP contribution in [0, 0.1) is 0 Å². The maximum atomic E-state index is 13.2. The molecule has 7 heteroatoms. The Hall–Kier alpha value is -2.41. The molecule has 0 radical (unpaired) electrons. The van der Waals surface area contributed by atoms with E-state index in [0.29, 0.717) is 26.1 Å². The van der Waals surface area contributed by atoms with E-state index in [9.17, 15) is 9.59 Å². The van der Waals surface area contributed by atoms with Crippen LogP contribution in [0.25, 0.3) is 0 Å². The number of carbonyl (C=O) groups excluding carboxylic acids is 2. The molecule has 35 heavy (non-hydrogen) atoms. The molecule has 188 valence electrons. The third-order valence-corrected chi connectivity index (χ3v) is 7.38. The largest absolute Gasteiger partial charge is 0.375 e. The van der Waals surface area contributed by atoms with E-state index < -0.39 is 0 Å². The van der Waals surface area contributed by atoms with Gasteiger partial charge in [0.05, 0.1) is 0 Å². The fourth-order valence-corrected chi connectivity index (χ4v) is 5.82. The highest BCUT2D eigenvalue weighted by molar-refractivity contribution is 6.30. The minimum absolute atomic E-state index is 0.0371. The van der Waals surface area contributed by atoms with Gasteiger partial charge in [-0.15, -0.1) is 0 Å². The first-order valence-electron chi connectivity index (χ1n) is 12.6. The number of ether oxygens (including phenoxy) is 1. The van der Waals surface area contributed by atoms with Gasteiger partial charge in [-0.3, -0.25) is 14.5 Å². The molecule has 1 fully saturated rings. The number of piperidine rings is 1. The average Bonchev–Trinajstić information content (AvgIpc) is 2.85. The lowest BCUT2D eigenvalue weighted by Gasteiger charge is -2.44. The summed E-state index contributed by atoms with van der Waals surface area (Å²) in [6.45, 7) is 4.75. The van der Waals surface area contributed by atoms with Gasteiger partial charge in [-0.05, 0) is 55.0 Å². The van der Waals surface area contributed by atoms with E-state index in [2.05, 4.69) is 28.0 Å². The summed E-state index contributed by atoms with van der Waals surface area (Å²) < 4.78 is 5.25. The molecule has 2 unspecified atom stereocenters. The molecule has 2 bridgehead atoms. The predicted molar refractivity (Wildman–Crippen MR) is 139 cm³/mol. The summed E-state index contributed by atoms with van der Waals surface area (Å²) in [6.07, 6.45) is 4.21. The van der Waals surface area contributed by atoms with E-state index in [4.69, 9.17) is 16.3 Å². The second kappa shape index (κ2) is 12.0. The number of fused-ring (bicyclic) bond motifs is 3. The number of para-hydroxylation sites is 1. The number of anilines is 1. The number of hydrogen-bond donors (Lipinski definition) is 0. The second-order valence-electron chi connectivity index (χ2n) is 9.59. The summed E-state index contributed by atoms with van der Waals surface area (Å²) in [5, 5.41) is 0.718. The van der Waals surface area contributed by atoms with Crippen LogP contribution in [-0.2, 0) is 27.4 Å². The summed E-state index contributed by atoms with van der Waals surface area (Å²) in [5.74, 6) is 0.148. The van der Waals surface area contributed by atoms with Crippen molar-refractivity contribution in [3.63, 3.8) is 0 Å². The molecule has 0 spiro atoms. The minimum atomic E-state index is 0.0371. The van der Waals surface area contributed by atoms with Gasteiger partial charge in [0.1, 0.15) is 6.61 Å². The van der Waals surface area contributed by atoms with Gasteiger partial charge in [0.15, 0.2) is 0 Å². The molecule has 2 aromatic rings. The second-order valence-corrected chi connectivity index (χ2v) is 10.0. The lowest BCUT2D eigenvalue weighted by atomic mass is 9.92. The Morgan fingerprint density at radius 1 is 1.03 bits per heavy atom. The van der Waals surface area contributed by atoms with Crippen molar-refractivity contribution in [2.75, 3.05) is 31.7 Å². The van der Waals surface area contributed by atoms with E-state index >= 15 is 0 Å². The van der Waals surface area contributed by atoms with Crippen LogP contribution < -0.4 is 4.90 Å². The van der Waals surface area contributed by atoms with Crippen molar-refractivity contribution in [1.29, 1.82) is 0 Å². The number of amides is 2. The van der Waals surface area contributed by atoms with E-state index in [1.54, 1.807) is 7.11 Å².